The summed E-state index contributed by atoms with van der Waals surface area (Å²) in [4.78, 5) is 6.78. The molecule has 0 amide bonds. The SMILES string of the molecule is COCCN(Cc1ccco1)Cc1ccc(Cl)c2cccnc12. The normalized spacial score (nSPS) is 11.4. The Bertz CT molecular complexity index is 759. The lowest BCUT2D eigenvalue weighted by Crippen LogP contribution is -2.26. The quantitative estimate of drug-likeness (QED) is 0.653. The van der Waals surface area contributed by atoms with Gasteiger partial charge in [0.2, 0.25) is 0 Å². The fourth-order valence-corrected chi connectivity index (χ4v) is 2.84. The number of ether oxygens (including phenoxy) is 1. The fraction of sp³-hybridized carbons (Fsp3) is 0.278. The third-order valence-electron chi connectivity index (χ3n) is 3.77. The van der Waals surface area contributed by atoms with Crippen molar-refractivity contribution in [3.63, 3.8) is 0 Å². The van der Waals surface area contributed by atoms with E-state index in [0.29, 0.717) is 6.61 Å². The van der Waals surface area contributed by atoms with Crippen LogP contribution in [0, 0.1) is 0 Å². The molecule has 0 N–H and O–H groups in total. The highest BCUT2D eigenvalue weighted by Gasteiger charge is 2.12. The summed E-state index contributed by atoms with van der Waals surface area (Å²) in [6, 6.07) is 11.8. The van der Waals surface area contributed by atoms with Gasteiger partial charge in [-0.15, -0.1) is 0 Å². The number of halogens is 1. The summed E-state index contributed by atoms with van der Waals surface area (Å²) in [6.45, 7) is 2.97. The lowest BCUT2D eigenvalue weighted by atomic mass is 10.1. The Morgan fingerprint density at radius 2 is 2.09 bits per heavy atom. The Kier molecular flexibility index (Phi) is 5.28. The molecule has 3 rings (SSSR count). The monoisotopic (exact) mass is 330 g/mol. The van der Waals surface area contributed by atoms with E-state index in [0.717, 1.165) is 46.9 Å². The van der Waals surface area contributed by atoms with Crippen LogP contribution in [-0.4, -0.2) is 30.1 Å². The van der Waals surface area contributed by atoms with Crippen molar-refractivity contribution >= 4 is 22.5 Å². The van der Waals surface area contributed by atoms with Gasteiger partial charge in [-0.25, -0.2) is 0 Å². The van der Waals surface area contributed by atoms with E-state index in [4.69, 9.17) is 20.8 Å². The standard InChI is InChI=1S/C18H19ClN2O2/c1-22-11-9-21(13-15-4-3-10-23-15)12-14-6-7-17(19)16-5-2-8-20-18(14)16/h2-8,10H,9,11-13H2,1H3. The number of methoxy groups -OCH3 is 1. The molecule has 2 aromatic heterocycles. The van der Waals surface area contributed by atoms with Gasteiger partial charge in [-0.1, -0.05) is 17.7 Å². The Balaban J connectivity index is 1.85. The van der Waals surface area contributed by atoms with Crippen LogP contribution in [0.25, 0.3) is 10.9 Å². The molecule has 4 nitrogen and oxygen atoms in total. The largest absolute Gasteiger partial charge is 0.468 e. The van der Waals surface area contributed by atoms with E-state index in [-0.39, 0.29) is 0 Å². The van der Waals surface area contributed by atoms with Gasteiger partial charge in [-0.3, -0.25) is 9.88 Å². The second-order valence-electron chi connectivity index (χ2n) is 5.39. The number of hydrogen-bond donors (Lipinski definition) is 0. The molecule has 0 bridgehead atoms. The molecule has 1 aromatic carbocycles. The highest BCUT2D eigenvalue weighted by Crippen LogP contribution is 2.26. The highest BCUT2D eigenvalue weighted by atomic mass is 35.5. The molecule has 0 fully saturated rings. The number of furan rings is 1. The first-order valence-corrected chi connectivity index (χ1v) is 7.91. The van der Waals surface area contributed by atoms with Gasteiger partial charge in [0.25, 0.3) is 0 Å². The van der Waals surface area contributed by atoms with E-state index in [9.17, 15) is 0 Å². The molecule has 2 heterocycles. The molecule has 0 aliphatic carbocycles. The van der Waals surface area contributed by atoms with E-state index in [1.54, 1.807) is 19.6 Å². The first kappa shape index (κ1) is 16.0. The zero-order chi connectivity index (χ0) is 16.1. The summed E-state index contributed by atoms with van der Waals surface area (Å²) in [5, 5.41) is 1.71. The number of fused-ring (bicyclic) bond motifs is 1. The molecule has 23 heavy (non-hydrogen) atoms. The van der Waals surface area contributed by atoms with Crippen LogP contribution in [0.1, 0.15) is 11.3 Å². The Morgan fingerprint density at radius 1 is 1.17 bits per heavy atom. The predicted octanol–water partition coefficient (Wildman–Crippen LogP) is 4.13. The van der Waals surface area contributed by atoms with Crippen molar-refractivity contribution in [1.29, 1.82) is 0 Å². The van der Waals surface area contributed by atoms with Crippen molar-refractivity contribution in [2.75, 3.05) is 20.3 Å². The van der Waals surface area contributed by atoms with Gasteiger partial charge in [0, 0.05) is 36.8 Å². The lowest BCUT2D eigenvalue weighted by Gasteiger charge is -2.21. The van der Waals surface area contributed by atoms with Crippen molar-refractivity contribution in [2.45, 2.75) is 13.1 Å². The van der Waals surface area contributed by atoms with E-state index in [1.165, 1.54) is 0 Å². The number of benzene rings is 1. The molecule has 3 aromatic rings. The average Bonchev–Trinajstić information content (AvgIpc) is 3.08. The molecule has 0 radical (unpaired) electrons. The van der Waals surface area contributed by atoms with E-state index in [2.05, 4.69) is 9.88 Å². The minimum atomic E-state index is 0.666. The maximum absolute atomic E-state index is 6.28. The molecule has 0 aliphatic heterocycles. The van der Waals surface area contributed by atoms with Crippen molar-refractivity contribution < 1.29 is 9.15 Å². The molecule has 0 unspecified atom stereocenters. The van der Waals surface area contributed by atoms with Crippen molar-refractivity contribution in [1.82, 2.24) is 9.88 Å². The molecule has 0 spiro atoms. The smallest absolute Gasteiger partial charge is 0.117 e. The topological polar surface area (TPSA) is 38.5 Å². The van der Waals surface area contributed by atoms with Crippen molar-refractivity contribution in [2.24, 2.45) is 0 Å². The van der Waals surface area contributed by atoms with Gasteiger partial charge in [0.15, 0.2) is 0 Å². The third kappa shape index (κ3) is 3.91. The van der Waals surface area contributed by atoms with Crippen LogP contribution in [0.3, 0.4) is 0 Å². The minimum Gasteiger partial charge on any atom is -0.468 e. The first-order valence-electron chi connectivity index (χ1n) is 7.53. The maximum Gasteiger partial charge on any atom is 0.117 e. The van der Waals surface area contributed by atoms with Crippen molar-refractivity contribution in [3.05, 3.63) is 65.2 Å². The van der Waals surface area contributed by atoms with Crippen molar-refractivity contribution in [3.8, 4) is 0 Å². The third-order valence-corrected chi connectivity index (χ3v) is 4.09. The van der Waals surface area contributed by atoms with Crippen LogP contribution in [-0.2, 0) is 17.8 Å². The zero-order valence-electron chi connectivity index (χ0n) is 13.0. The molecule has 0 saturated carbocycles. The summed E-state index contributed by atoms with van der Waals surface area (Å²) in [5.41, 5.74) is 2.09. The summed E-state index contributed by atoms with van der Waals surface area (Å²) < 4.78 is 10.7. The minimum absolute atomic E-state index is 0.666. The molecule has 120 valence electrons. The van der Waals surface area contributed by atoms with Crippen LogP contribution < -0.4 is 0 Å². The van der Waals surface area contributed by atoms with Gasteiger partial charge in [0.1, 0.15) is 5.76 Å². The number of hydrogen-bond acceptors (Lipinski definition) is 4. The molecule has 5 heteroatoms. The van der Waals surface area contributed by atoms with E-state index < -0.39 is 0 Å². The van der Waals surface area contributed by atoms with Crippen LogP contribution in [0.5, 0.6) is 0 Å². The highest BCUT2D eigenvalue weighted by molar-refractivity contribution is 6.35. The van der Waals surface area contributed by atoms with Gasteiger partial charge in [-0.2, -0.15) is 0 Å². The Labute approximate surface area is 140 Å². The van der Waals surface area contributed by atoms with Crippen LogP contribution in [0.4, 0.5) is 0 Å². The average molecular weight is 331 g/mol. The Hall–Kier alpha value is -1.88. The van der Waals surface area contributed by atoms with Gasteiger partial charge < -0.3 is 9.15 Å². The summed E-state index contributed by atoms with van der Waals surface area (Å²) >= 11 is 6.28. The molecular weight excluding hydrogens is 312 g/mol. The second kappa shape index (κ2) is 7.59. The number of pyridine rings is 1. The number of aromatic nitrogens is 1. The predicted molar refractivity (Wildman–Crippen MR) is 91.5 cm³/mol. The number of nitrogens with zero attached hydrogens (tertiary/aromatic N) is 2. The molecule has 0 aliphatic rings. The fourth-order valence-electron chi connectivity index (χ4n) is 2.62. The zero-order valence-corrected chi connectivity index (χ0v) is 13.8. The summed E-state index contributed by atoms with van der Waals surface area (Å²) in [5.74, 6) is 0.937. The molecular formula is C18H19ClN2O2. The van der Waals surface area contributed by atoms with Gasteiger partial charge in [-0.05, 0) is 35.9 Å². The second-order valence-corrected chi connectivity index (χ2v) is 5.80. The van der Waals surface area contributed by atoms with Crippen LogP contribution in [0.15, 0.2) is 53.3 Å². The summed E-state index contributed by atoms with van der Waals surface area (Å²) in [6.07, 6.45) is 3.50. The van der Waals surface area contributed by atoms with Crippen LogP contribution >= 0.6 is 11.6 Å². The van der Waals surface area contributed by atoms with Gasteiger partial charge in [0.05, 0.1) is 24.9 Å². The van der Waals surface area contributed by atoms with Gasteiger partial charge >= 0.3 is 0 Å². The summed E-state index contributed by atoms with van der Waals surface area (Å²) in [7, 11) is 1.71. The van der Waals surface area contributed by atoms with E-state index >= 15 is 0 Å². The molecule has 0 atom stereocenters. The number of rotatable bonds is 7. The lowest BCUT2D eigenvalue weighted by molar-refractivity contribution is 0.135. The van der Waals surface area contributed by atoms with E-state index in [1.807, 2.05) is 36.4 Å². The van der Waals surface area contributed by atoms with Crippen LogP contribution in [0.2, 0.25) is 5.02 Å². The maximum atomic E-state index is 6.28. The first-order chi connectivity index (χ1) is 11.3. The Morgan fingerprint density at radius 3 is 2.87 bits per heavy atom. The molecule has 0 saturated heterocycles.